The van der Waals surface area contributed by atoms with Gasteiger partial charge in [-0.05, 0) is 42.3 Å². The molecule has 2 nitrogen and oxygen atoms in total. The van der Waals surface area contributed by atoms with Crippen molar-refractivity contribution >= 4 is 0 Å². The van der Waals surface area contributed by atoms with Crippen LogP contribution in [0.3, 0.4) is 0 Å². The van der Waals surface area contributed by atoms with E-state index < -0.39 is 52.6 Å². The lowest BCUT2D eigenvalue weighted by Gasteiger charge is -2.16. The first kappa shape index (κ1) is 18.1. The zero-order valence-corrected chi connectivity index (χ0v) is 11.9. The molecule has 0 radical (unpaired) electrons. The zero-order chi connectivity index (χ0) is 18.2. The SMILES string of the molecule is Cc1cc(F)c(C(O)c2cc(F)c(OC(F)(F)F)c(F)c2)c(F)c1. The molecule has 0 aromatic heterocycles. The number of aryl methyl sites for hydroxylation is 1. The highest BCUT2D eigenvalue weighted by molar-refractivity contribution is 5.38. The van der Waals surface area contributed by atoms with Gasteiger partial charge in [0.1, 0.15) is 17.7 Å². The fraction of sp³-hybridized carbons (Fsp3) is 0.200. The third-order valence-corrected chi connectivity index (χ3v) is 3.05. The molecule has 0 heterocycles. The molecule has 9 heteroatoms. The molecule has 0 spiro atoms. The Morgan fingerprint density at radius 1 is 0.875 bits per heavy atom. The van der Waals surface area contributed by atoms with Gasteiger partial charge in [-0.2, -0.15) is 0 Å². The molecule has 0 amide bonds. The van der Waals surface area contributed by atoms with Gasteiger partial charge in [-0.25, -0.2) is 17.6 Å². The summed E-state index contributed by atoms with van der Waals surface area (Å²) in [4.78, 5) is 0. The highest BCUT2D eigenvalue weighted by Gasteiger charge is 2.34. The summed E-state index contributed by atoms with van der Waals surface area (Å²) in [6, 6.07) is 2.37. The van der Waals surface area contributed by atoms with Gasteiger partial charge in [0.2, 0.25) is 5.75 Å². The Balaban J connectivity index is 2.47. The predicted molar refractivity (Wildman–Crippen MR) is 68.2 cm³/mol. The lowest BCUT2D eigenvalue weighted by Crippen LogP contribution is -2.19. The van der Waals surface area contributed by atoms with Gasteiger partial charge in [-0.1, -0.05) is 0 Å². The number of ether oxygens (including phenoxy) is 1. The van der Waals surface area contributed by atoms with E-state index in [1.807, 2.05) is 0 Å². The van der Waals surface area contributed by atoms with Crippen molar-refractivity contribution in [2.75, 3.05) is 0 Å². The second kappa shape index (κ2) is 6.31. The van der Waals surface area contributed by atoms with Gasteiger partial charge in [0.05, 0.1) is 5.56 Å². The minimum atomic E-state index is -5.34. The molecule has 1 atom stereocenters. The molecule has 1 N–H and O–H groups in total. The number of hydrogen-bond acceptors (Lipinski definition) is 2. The quantitative estimate of drug-likeness (QED) is 0.821. The molecule has 0 saturated carbocycles. The van der Waals surface area contributed by atoms with Gasteiger partial charge >= 0.3 is 6.36 Å². The highest BCUT2D eigenvalue weighted by Crippen LogP contribution is 2.34. The second-order valence-corrected chi connectivity index (χ2v) is 4.91. The molecule has 0 fully saturated rings. The minimum absolute atomic E-state index is 0.201. The molecule has 0 aliphatic rings. The van der Waals surface area contributed by atoms with Crippen LogP contribution in [-0.2, 0) is 0 Å². The molecule has 1 unspecified atom stereocenters. The molecular weight excluding hydrogens is 345 g/mol. The van der Waals surface area contributed by atoms with Gasteiger partial charge < -0.3 is 9.84 Å². The Kier molecular flexibility index (Phi) is 4.75. The van der Waals surface area contributed by atoms with Crippen molar-refractivity contribution in [1.29, 1.82) is 0 Å². The van der Waals surface area contributed by atoms with Crippen LogP contribution in [-0.4, -0.2) is 11.5 Å². The monoisotopic (exact) mass is 354 g/mol. The topological polar surface area (TPSA) is 29.5 Å². The Morgan fingerprint density at radius 3 is 1.75 bits per heavy atom. The van der Waals surface area contributed by atoms with Crippen LogP contribution in [0, 0.1) is 30.2 Å². The van der Waals surface area contributed by atoms with Gasteiger partial charge in [0.15, 0.2) is 11.6 Å². The van der Waals surface area contributed by atoms with Crippen molar-refractivity contribution in [3.05, 3.63) is 64.2 Å². The van der Waals surface area contributed by atoms with E-state index in [0.717, 1.165) is 12.1 Å². The first-order valence-corrected chi connectivity index (χ1v) is 6.38. The lowest BCUT2D eigenvalue weighted by molar-refractivity contribution is -0.276. The van der Waals surface area contributed by atoms with Crippen molar-refractivity contribution in [3.63, 3.8) is 0 Å². The molecule has 0 aliphatic heterocycles. The van der Waals surface area contributed by atoms with Crippen molar-refractivity contribution in [3.8, 4) is 5.75 Å². The van der Waals surface area contributed by atoms with Crippen LogP contribution < -0.4 is 4.74 Å². The summed E-state index contributed by atoms with van der Waals surface area (Å²) >= 11 is 0. The second-order valence-electron chi connectivity index (χ2n) is 4.91. The Hall–Kier alpha value is -2.29. The number of aliphatic hydroxyl groups is 1. The van der Waals surface area contributed by atoms with E-state index in [2.05, 4.69) is 4.74 Å². The number of alkyl halides is 3. The molecular formula is C15H9F7O2. The highest BCUT2D eigenvalue weighted by atomic mass is 19.4. The molecule has 0 bridgehead atoms. The fourth-order valence-electron chi connectivity index (χ4n) is 2.09. The van der Waals surface area contributed by atoms with Crippen LogP contribution in [0.2, 0.25) is 0 Å². The third kappa shape index (κ3) is 3.78. The van der Waals surface area contributed by atoms with E-state index in [0.29, 0.717) is 12.1 Å². The maximum atomic E-state index is 13.8. The molecule has 2 aromatic carbocycles. The Morgan fingerprint density at radius 2 is 1.33 bits per heavy atom. The van der Waals surface area contributed by atoms with Crippen LogP contribution >= 0.6 is 0 Å². The van der Waals surface area contributed by atoms with Crippen LogP contribution in [0.4, 0.5) is 30.7 Å². The number of benzene rings is 2. The van der Waals surface area contributed by atoms with Gasteiger partial charge in [0, 0.05) is 0 Å². The number of hydrogen-bond donors (Lipinski definition) is 1. The van der Waals surface area contributed by atoms with Crippen LogP contribution in [0.25, 0.3) is 0 Å². The molecule has 2 aromatic rings. The summed E-state index contributed by atoms with van der Waals surface area (Å²) in [6.45, 7) is 1.38. The average molecular weight is 354 g/mol. The van der Waals surface area contributed by atoms with Crippen molar-refractivity contribution < 1.29 is 40.6 Å². The molecule has 130 valence electrons. The minimum Gasteiger partial charge on any atom is -0.399 e. The van der Waals surface area contributed by atoms with E-state index in [-0.39, 0.29) is 5.56 Å². The third-order valence-electron chi connectivity index (χ3n) is 3.05. The van der Waals surface area contributed by atoms with Crippen LogP contribution in [0.5, 0.6) is 5.75 Å². The smallest absolute Gasteiger partial charge is 0.399 e. The van der Waals surface area contributed by atoms with Gasteiger partial charge in [-0.3, -0.25) is 0 Å². The normalized spacial score (nSPS) is 13.0. The van der Waals surface area contributed by atoms with Crippen molar-refractivity contribution in [1.82, 2.24) is 0 Å². The van der Waals surface area contributed by atoms with E-state index in [1.54, 1.807) is 0 Å². The van der Waals surface area contributed by atoms with Crippen LogP contribution in [0.1, 0.15) is 22.8 Å². The molecule has 2 rings (SSSR count). The lowest BCUT2D eigenvalue weighted by atomic mass is 9.98. The van der Waals surface area contributed by atoms with E-state index in [4.69, 9.17) is 0 Å². The molecule has 24 heavy (non-hydrogen) atoms. The Bertz CT molecular complexity index is 725. The van der Waals surface area contributed by atoms with Crippen molar-refractivity contribution in [2.24, 2.45) is 0 Å². The van der Waals surface area contributed by atoms with Gasteiger partial charge in [-0.15, -0.1) is 13.2 Å². The summed E-state index contributed by atoms with van der Waals surface area (Å²) in [5.74, 6) is -7.64. The van der Waals surface area contributed by atoms with E-state index >= 15 is 0 Å². The largest absolute Gasteiger partial charge is 0.573 e. The zero-order valence-electron chi connectivity index (χ0n) is 11.9. The van der Waals surface area contributed by atoms with Crippen molar-refractivity contribution in [2.45, 2.75) is 19.4 Å². The maximum Gasteiger partial charge on any atom is 0.573 e. The van der Waals surface area contributed by atoms with Crippen LogP contribution in [0.15, 0.2) is 24.3 Å². The van der Waals surface area contributed by atoms with Gasteiger partial charge in [0.25, 0.3) is 0 Å². The summed E-state index contributed by atoms with van der Waals surface area (Å²) < 4.78 is 94.2. The summed E-state index contributed by atoms with van der Waals surface area (Å²) in [5, 5.41) is 9.94. The summed E-state index contributed by atoms with van der Waals surface area (Å²) in [6.07, 6.45) is -7.47. The summed E-state index contributed by atoms with van der Waals surface area (Å²) in [7, 11) is 0. The molecule has 0 aliphatic carbocycles. The Labute approximate surface area is 131 Å². The van der Waals surface area contributed by atoms with E-state index in [1.165, 1.54) is 6.92 Å². The standard InChI is InChI=1S/C15H9F7O2/c1-6-2-8(16)12(9(17)3-6)13(23)7-4-10(18)14(11(19)5-7)24-15(20,21)22/h2-5,13,23H,1H3. The number of halogens is 7. The number of rotatable bonds is 3. The first-order valence-electron chi connectivity index (χ1n) is 6.38. The summed E-state index contributed by atoms with van der Waals surface area (Å²) in [5.41, 5.74) is -1.36. The predicted octanol–water partition coefficient (Wildman–Crippen LogP) is 4.53. The average Bonchev–Trinajstić information content (AvgIpc) is 2.40. The number of aliphatic hydroxyl groups excluding tert-OH is 1. The molecule has 0 saturated heterocycles. The maximum absolute atomic E-state index is 13.8. The fourth-order valence-corrected chi connectivity index (χ4v) is 2.09. The first-order chi connectivity index (χ1) is 11.0. The van der Waals surface area contributed by atoms with E-state index in [9.17, 15) is 35.8 Å².